The van der Waals surface area contributed by atoms with E-state index in [1.54, 1.807) is 49.8 Å². The molecule has 1 aliphatic heterocycles. The molecule has 0 amide bonds. The summed E-state index contributed by atoms with van der Waals surface area (Å²) in [6.07, 6.45) is 0. The Kier molecular flexibility index (Phi) is 163. The van der Waals surface area contributed by atoms with Crippen LogP contribution in [0.4, 0.5) is 0 Å². The molecule has 73 heavy (non-hydrogen) atoms. The van der Waals surface area contributed by atoms with E-state index in [0.717, 1.165) is 0 Å². The predicted octanol–water partition coefficient (Wildman–Crippen LogP) is 20.6. The van der Waals surface area contributed by atoms with E-state index in [4.69, 9.17) is 49.7 Å². The molecule has 0 spiro atoms. The standard InChI is InChI=1S/C8H24O4Si4.4C4H12OSi.3C3H10OSi.17CH4.Pt.3H/c1-13(2)9-14(3,4)11-16(7,8)12-15(5,6)10-13;4*1-5-6(2,3)4;3*1-4-5(2)3;;;;;;;;;;;;;;;;;;;;;/h1-8H3;4*1-4H3;3*5H,1-3H3;17*1H4;;;;/i;;;;;;;;;;;;;;;;;;;;;;;;;;1+2;2*1+1. The first-order chi connectivity index (χ1) is 25.6. The summed E-state index contributed by atoms with van der Waals surface area (Å²) in [6.45, 7) is 55.3. The van der Waals surface area contributed by atoms with Gasteiger partial charge in [-0.2, -0.15) is 0 Å². The molecule has 1 aliphatic rings. The van der Waals surface area contributed by atoms with Crippen LogP contribution in [-0.2, 0) is 68.0 Å². The van der Waals surface area contributed by atoms with Gasteiger partial charge >= 0.3 is 57.0 Å². The van der Waals surface area contributed by atoms with E-state index in [0.29, 0.717) is 0 Å². The molecule has 0 aromatic rings. The third-order valence-electron chi connectivity index (χ3n) is 5.83. The van der Waals surface area contributed by atoms with Gasteiger partial charge in [0.1, 0.15) is 0 Å². The van der Waals surface area contributed by atoms with E-state index in [2.05, 4.69) is 170 Å². The zero-order valence-electron chi connectivity index (χ0n) is 46.5. The second-order valence-corrected chi connectivity index (χ2v) is 59.8. The average molecular weight is 1460 g/mol. The molecule has 23 heteroatoms. The molecule has 0 unspecified atom stereocenters. The van der Waals surface area contributed by atoms with Crippen molar-refractivity contribution in [3.8, 4) is 0 Å². The molecule has 0 aliphatic carbocycles. The van der Waals surface area contributed by atoms with Crippen LogP contribution in [-0.4, -0.2) is 147 Å². The van der Waals surface area contributed by atoms with E-state index in [1.807, 2.05) is 0 Å². The molecule has 0 bridgehead atoms. The second-order valence-electron chi connectivity index (χ2n) is 19.1. The van der Waals surface area contributed by atoms with Gasteiger partial charge < -0.3 is 47.4 Å². The zero-order valence-corrected chi connectivity index (χ0v) is 57.3. The molecule has 1 heterocycles. The summed E-state index contributed by atoms with van der Waals surface area (Å²) >= 11 is -2.52. The van der Waals surface area contributed by atoms with Crippen molar-refractivity contribution in [1.29, 1.82) is 2.25 Å². The molecule has 0 saturated carbocycles. The van der Waals surface area contributed by atoms with Crippen LogP contribution in [0.25, 0.3) is 0 Å². The average Bonchev–Trinajstić information content (AvgIpc) is 2.98. The van der Waals surface area contributed by atoms with Gasteiger partial charge in [0.2, 0.25) is 0 Å². The first-order valence-electron chi connectivity index (χ1n) is 20.4. The van der Waals surface area contributed by atoms with Gasteiger partial charge in [-0.3, -0.25) is 0 Å². The Morgan fingerprint density at radius 2 is 0.370 bits per heavy atom. The van der Waals surface area contributed by atoms with Gasteiger partial charge in [-0.1, -0.05) is 126 Å². The second kappa shape index (κ2) is 81.1. The zero-order chi connectivity index (χ0) is 50.1. The van der Waals surface area contributed by atoms with Crippen LogP contribution < -0.4 is 0 Å². The fourth-order valence-corrected chi connectivity index (χ4v) is 23.6. The van der Waals surface area contributed by atoms with Crippen molar-refractivity contribution in [2.75, 3.05) is 49.8 Å². The predicted molar refractivity (Wildman–Crippen MR) is 392 cm³/mol. The summed E-state index contributed by atoms with van der Waals surface area (Å²) in [4.78, 5) is 0. The molecule has 0 radical (unpaired) electrons. The summed E-state index contributed by atoms with van der Waals surface area (Å²) in [6, 6.07) is 0. The van der Waals surface area contributed by atoms with Gasteiger partial charge in [0.05, 0.1) is 0 Å². The first kappa shape index (κ1) is 146. The van der Waals surface area contributed by atoms with Crippen molar-refractivity contribution in [3.05, 3.63) is 0 Å². The maximum atomic E-state index is 6.16. The minimum absolute atomic E-state index is 0. The van der Waals surface area contributed by atoms with Crippen molar-refractivity contribution in [2.24, 2.45) is 0 Å². The SMILES string of the molecule is C.C.C.C.C.C.C.C.C.C.C.C.C.C.C.C.C.CO[SiH](C)C.CO[SiH](C)C.CO[SiH](C)C.CO[Si](C)(C)C.CO[Si](C)(C)C.CO[Si](C)(C)C.CO[Si](C)(C)C.C[Si]1(C)O[Si](C)(C)O[Si](C)(C)O[Si](C)(C)O1.[2H][Pt]([2H])[3H]. The Hall–Kier alpha value is 2.63. The van der Waals surface area contributed by atoms with Crippen LogP contribution in [0.1, 0.15) is 126 Å². The molecule has 1 rings (SSSR count). The van der Waals surface area contributed by atoms with Crippen molar-refractivity contribution in [2.45, 2.75) is 296 Å². The fraction of sp³-hybridized carbons (Fsp3) is 1.00. The molecular weight excluding hydrogens is 1280 g/mol. The topological polar surface area (TPSA) is 102 Å². The van der Waals surface area contributed by atoms with Gasteiger partial charge in [-0.15, -0.1) is 0 Å². The van der Waals surface area contributed by atoms with Crippen molar-refractivity contribution >= 4 is 94.6 Å². The van der Waals surface area contributed by atoms with Crippen molar-refractivity contribution in [1.82, 2.24) is 0 Å². The van der Waals surface area contributed by atoms with Crippen LogP contribution in [0.5, 0.6) is 0 Å². The van der Waals surface area contributed by atoms with Crippen molar-refractivity contribution in [3.63, 3.8) is 0 Å². The monoisotopic (exact) mass is 1460 g/mol. The first-order valence-corrected chi connectivity index (χ1v) is 52.7. The summed E-state index contributed by atoms with van der Waals surface area (Å²) < 4.78 is 77.8. The molecule has 1 fully saturated rings. The molecule has 1 saturated heterocycles. The molecule has 0 aromatic heterocycles. The van der Waals surface area contributed by atoms with Crippen LogP contribution in [0.3, 0.4) is 0 Å². The maximum absolute atomic E-state index is 6.16. The minimum atomic E-state index is -2.52. The van der Waals surface area contributed by atoms with E-state index in [-0.39, 0.29) is 126 Å². The van der Waals surface area contributed by atoms with Gasteiger partial charge in [-0.25, -0.2) is 0 Å². The van der Waals surface area contributed by atoms with Crippen LogP contribution in [0, 0.1) is 0 Å². The normalized spacial score (nSPS) is 13.5. The molecular formula is C50H173O11PtSi11. The molecule has 0 N–H and O–H groups in total. The Balaban J connectivity index is -0.0000000169. The molecule has 0 atom stereocenters. The fourth-order valence-electron chi connectivity index (χ4n) is 2.45. The van der Waals surface area contributed by atoms with Gasteiger partial charge in [0.25, 0.3) is 0 Å². The van der Waals surface area contributed by atoms with E-state index >= 15 is 0 Å². The summed E-state index contributed by atoms with van der Waals surface area (Å²) in [5, 5.41) is 0. The third-order valence-corrected chi connectivity index (χ3v) is 29.3. The van der Waals surface area contributed by atoms with Gasteiger partial charge in [0, 0.05) is 49.8 Å². The Morgan fingerprint density at radius 1 is 0.315 bits per heavy atom. The number of hydrogen-bond acceptors (Lipinski definition) is 11. The Morgan fingerprint density at radius 3 is 0.397 bits per heavy atom. The molecule has 11 nitrogen and oxygen atoms in total. The quantitative estimate of drug-likeness (QED) is 0.228. The van der Waals surface area contributed by atoms with Crippen LogP contribution >= 0.6 is 0 Å². The summed E-state index contributed by atoms with van der Waals surface area (Å²) in [7, 11) is -2.55. The third kappa shape index (κ3) is 198. The van der Waals surface area contributed by atoms with Gasteiger partial charge in [0.15, 0.2) is 60.4 Å². The Bertz CT molecular complexity index is 773. The van der Waals surface area contributed by atoms with E-state index < -0.39 is 115 Å². The number of rotatable bonds is 7. The van der Waals surface area contributed by atoms with E-state index in [9.17, 15) is 0 Å². The molecule has 0 aromatic carbocycles. The van der Waals surface area contributed by atoms with E-state index in [1.165, 1.54) is 0 Å². The Labute approximate surface area is 507 Å². The van der Waals surface area contributed by atoms with Crippen LogP contribution in [0.2, 0.25) is 170 Å². The van der Waals surface area contributed by atoms with Crippen LogP contribution in [0.15, 0.2) is 0 Å². The molecule has 493 valence electrons. The summed E-state index contributed by atoms with van der Waals surface area (Å²) in [5.74, 6) is 0. The number of hydrogen-bond donors (Lipinski definition) is 0. The summed E-state index contributed by atoms with van der Waals surface area (Å²) in [5.41, 5.74) is 0. The van der Waals surface area contributed by atoms with Crippen molar-refractivity contribution < 1.29 is 68.0 Å². The van der Waals surface area contributed by atoms with Gasteiger partial charge in [-0.05, 0) is 170 Å².